The molecule has 0 aromatic heterocycles. The Hall–Kier alpha value is -0.455. The summed E-state index contributed by atoms with van der Waals surface area (Å²) < 4.78 is 0. The number of rotatable bonds is 6. The summed E-state index contributed by atoms with van der Waals surface area (Å²) in [6.07, 6.45) is 8.73. The minimum absolute atomic E-state index is 0.615. The highest BCUT2D eigenvalue weighted by Gasteiger charge is 2.01. The van der Waals surface area contributed by atoms with Crippen LogP contribution in [-0.4, -0.2) is 7.85 Å². The average Bonchev–Trinajstić information content (AvgIpc) is 2.14. The minimum Gasteiger partial charge on any atom is -0.0850 e. The Labute approximate surface area is 90.9 Å². The van der Waals surface area contributed by atoms with Crippen molar-refractivity contribution in [2.75, 3.05) is 0 Å². The van der Waals surface area contributed by atoms with Crippen LogP contribution in [-0.2, 0) is 0 Å². The molecule has 0 saturated heterocycles. The van der Waals surface area contributed by atoms with Gasteiger partial charge in [0, 0.05) is 0 Å². The van der Waals surface area contributed by atoms with Gasteiger partial charge in [0.25, 0.3) is 0 Å². The molecule has 0 spiro atoms. The van der Waals surface area contributed by atoms with Gasteiger partial charge in [-0.3, -0.25) is 0 Å². The number of allylic oxidation sites excluding steroid dienone is 4. The topological polar surface area (TPSA) is 0 Å². The van der Waals surface area contributed by atoms with Gasteiger partial charge >= 0.3 is 0 Å². The van der Waals surface area contributed by atoms with Crippen molar-refractivity contribution in [3.05, 3.63) is 23.3 Å². The molecule has 1 heteroatoms. The molecule has 0 atom stereocenters. The van der Waals surface area contributed by atoms with E-state index in [2.05, 4.69) is 39.8 Å². The summed E-state index contributed by atoms with van der Waals surface area (Å²) in [6.45, 7) is 8.79. The first-order valence-electron chi connectivity index (χ1n) is 5.71. The lowest BCUT2D eigenvalue weighted by atomic mass is 9.91. The lowest BCUT2D eigenvalue weighted by Gasteiger charge is -2.10. The van der Waals surface area contributed by atoms with Crippen molar-refractivity contribution in [1.82, 2.24) is 0 Å². The van der Waals surface area contributed by atoms with Crippen LogP contribution in [0, 0.1) is 5.92 Å². The number of hydrogen-bond acceptors (Lipinski definition) is 0. The molecule has 0 unspecified atom stereocenters. The largest absolute Gasteiger partial charge is 0.0850 e. The molecule has 0 aliphatic heterocycles. The molecule has 0 fully saturated rings. The zero-order valence-corrected chi connectivity index (χ0v) is 10.1. The first-order chi connectivity index (χ1) is 6.65. The van der Waals surface area contributed by atoms with E-state index in [4.69, 9.17) is 7.85 Å². The molecule has 78 valence electrons. The van der Waals surface area contributed by atoms with Crippen LogP contribution in [0.25, 0.3) is 0 Å². The third-order valence-corrected chi connectivity index (χ3v) is 2.41. The first kappa shape index (κ1) is 13.5. The quantitative estimate of drug-likeness (QED) is 0.432. The summed E-state index contributed by atoms with van der Waals surface area (Å²) in [5, 5.41) is 0. The molecule has 0 aliphatic rings. The number of hydrogen-bond donors (Lipinski definition) is 0. The Bertz CT molecular complexity index is 191. The maximum atomic E-state index is 5.59. The smallest absolute Gasteiger partial charge is 0.0657 e. The van der Waals surface area contributed by atoms with E-state index in [1.165, 1.54) is 24.0 Å². The van der Waals surface area contributed by atoms with Crippen molar-refractivity contribution in [1.29, 1.82) is 0 Å². The summed E-state index contributed by atoms with van der Waals surface area (Å²) in [5.41, 5.74) is 2.93. The molecule has 0 aromatic carbocycles. The Morgan fingerprint density at radius 1 is 1.29 bits per heavy atom. The molecular weight excluding hydrogens is 167 g/mol. The summed E-state index contributed by atoms with van der Waals surface area (Å²) >= 11 is 0. The second-order valence-electron chi connectivity index (χ2n) is 4.03. The molecule has 0 N–H and O–H groups in total. The lowest BCUT2D eigenvalue weighted by molar-refractivity contribution is 0.778. The standard InChI is InChI=1S/C13H23B/c1-5-7-12(8-9-14)10-13(6-2)11(3)4/h6,10-11H,5,7-9H2,1-4H3/b12-10+,13-6+. The van der Waals surface area contributed by atoms with Crippen LogP contribution in [0.5, 0.6) is 0 Å². The molecule has 14 heavy (non-hydrogen) atoms. The van der Waals surface area contributed by atoms with Crippen LogP contribution in [0.1, 0.15) is 47.0 Å². The van der Waals surface area contributed by atoms with Crippen LogP contribution in [0.4, 0.5) is 0 Å². The normalized spacial score (nSPS) is 13.8. The third kappa shape index (κ3) is 5.31. The summed E-state index contributed by atoms with van der Waals surface area (Å²) in [5.74, 6) is 0.615. The maximum absolute atomic E-state index is 5.59. The SMILES string of the molecule is [B]CC/C(=C/C(=C\C)C(C)C)CCC. The van der Waals surface area contributed by atoms with Crippen LogP contribution >= 0.6 is 0 Å². The van der Waals surface area contributed by atoms with Crippen LogP contribution in [0.3, 0.4) is 0 Å². The van der Waals surface area contributed by atoms with Gasteiger partial charge in [-0.15, -0.1) is 0 Å². The summed E-state index contributed by atoms with van der Waals surface area (Å²) in [6, 6.07) is 0. The fraction of sp³-hybridized carbons (Fsp3) is 0.692. The van der Waals surface area contributed by atoms with E-state index in [-0.39, 0.29) is 0 Å². The molecule has 2 radical (unpaired) electrons. The van der Waals surface area contributed by atoms with Crippen molar-refractivity contribution >= 4 is 7.85 Å². The van der Waals surface area contributed by atoms with E-state index in [0.717, 1.165) is 12.7 Å². The molecule has 0 bridgehead atoms. The highest BCUT2D eigenvalue weighted by atomic mass is 14.1. The molecule has 0 aliphatic carbocycles. The first-order valence-corrected chi connectivity index (χ1v) is 5.71. The zero-order chi connectivity index (χ0) is 11.0. The Morgan fingerprint density at radius 2 is 1.93 bits per heavy atom. The summed E-state index contributed by atoms with van der Waals surface area (Å²) in [7, 11) is 5.59. The second kappa shape index (κ2) is 7.90. The van der Waals surface area contributed by atoms with Gasteiger partial charge in [-0.2, -0.15) is 0 Å². The van der Waals surface area contributed by atoms with E-state index in [0.29, 0.717) is 5.92 Å². The van der Waals surface area contributed by atoms with Crippen LogP contribution in [0.15, 0.2) is 23.3 Å². The van der Waals surface area contributed by atoms with Gasteiger partial charge in [0.2, 0.25) is 0 Å². The van der Waals surface area contributed by atoms with Gasteiger partial charge in [-0.05, 0) is 31.3 Å². The molecule has 0 amide bonds. The predicted molar refractivity (Wildman–Crippen MR) is 66.8 cm³/mol. The van der Waals surface area contributed by atoms with Crippen LogP contribution < -0.4 is 0 Å². The van der Waals surface area contributed by atoms with E-state index >= 15 is 0 Å². The van der Waals surface area contributed by atoms with Crippen molar-refractivity contribution in [2.24, 2.45) is 5.92 Å². The average molecular weight is 190 g/mol. The lowest BCUT2D eigenvalue weighted by Crippen LogP contribution is -1.93. The zero-order valence-electron chi connectivity index (χ0n) is 10.1. The highest BCUT2D eigenvalue weighted by Crippen LogP contribution is 2.19. The van der Waals surface area contributed by atoms with Gasteiger partial charge in [-0.25, -0.2) is 0 Å². The highest BCUT2D eigenvalue weighted by molar-refractivity contribution is 6.08. The van der Waals surface area contributed by atoms with Gasteiger partial charge in [-0.1, -0.05) is 51.2 Å². The second-order valence-corrected chi connectivity index (χ2v) is 4.03. The van der Waals surface area contributed by atoms with Gasteiger partial charge in [0.1, 0.15) is 0 Å². The molecular formula is C13H23B. The Kier molecular flexibility index (Phi) is 7.65. The van der Waals surface area contributed by atoms with Crippen molar-refractivity contribution in [3.8, 4) is 0 Å². The third-order valence-electron chi connectivity index (χ3n) is 2.41. The van der Waals surface area contributed by atoms with E-state index in [1.807, 2.05) is 0 Å². The van der Waals surface area contributed by atoms with Gasteiger partial charge < -0.3 is 0 Å². The molecule has 0 heterocycles. The molecule has 0 rings (SSSR count). The molecule has 0 nitrogen and oxygen atoms in total. The Balaban J connectivity index is 4.51. The maximum Gasteiger partial charge on any atom is 0.0657 e. The fourth-order valence-electron chi connectivity index (χ4n) is 1.59. The van der Waals surface area contributed by atoms with E-state index in [1.54, 1.807) is 0 Å². The molecule has 0 saturated carbocycles. The molecule has 0 aromatic rings. The monoisotopic (exact) mass is 190 g/mol. The predicted octanol–water partition coefficient (Wildman–Crippen LogP) is 4.29. The summed E-state index contributed by atoms with van der Waals surface area (Å²) in [4.78, 5) is 0. The van der Waals surface area contributed by atoms with E-state index < -0.39 is 0 Å². The Morgan fingerprint density at radius 3 is 2.29 bits per heavy atom. The van der Waals surface area contributed by atoms with Gasteiger partial charge in [0.15, 0.2) is 0 Å². The van der Waals surface area contributed by atoms with Crippen LogP contribution in [0.2, 0.25) is 6.32 Å². The fourth-order valence-corrected chi connectivity index (χ4v) is 1.59. The van der Waals surface area contributed by atoms with Crippen molar-refractivity contribution in [3.63, 3.8) is 0 Å². The van der Waals surface area contributed by atoms with Crippen molar-refractivity contribution < 1.29 is 0 Å². The van der Waals surface area contributed by atoms with E-state index in [9.17, 15) is 0 Å². The minimum atomic E-state index is 0.615. The van der Waals surface area contributed by atoms with Crippen molar-refractivity contribution in [2.45, 2.75) is 53.3 Å². The van der Waals surface area contributed by atoms with Gasteiger partial charge in [0.05, 0.1) is 7.85 Å².